The maximum Gasteiger partial charge on any atom is 0.616 e. The normalized spacial score (nSPS) is 15.6. The van der Waals surface area contributed by atoms with Gasteiger partial charge in [-0.2, -0.15) is 0 Å². The zero-order valence-electron chi connectivity index (χ0n) is 8.08. The smallest absolute Gasteiger partial charge is 0.238 e. The highest BCUT2D eigenvalue weighted by molar-refractivity contribution is 6.58. The molecule has 0 aliphatic heterocycles. The van der Waals surface area contributed by atoms with E-state index in [9.17, 15) is 21.1 Å². The molecule has 0 saturated heterocycles. The van der Waals surface area contributed by atoms with E-state index in [4.69, 9.17) is 0 Å². The third kappa shape index (κ3) is 10.2. The molecule has 0 bridgehead atoms. The van der Waals surface area contributed by atoms with Crippen molar-refractivity contribution in [1.29, 1.82) is 0 Å². The van der Waals surface area contributed by atoms with Crippen LogP contribution in [0.5, 0.6) is 0 Å². The summed E-state index contributed by atoms with van der Waals surface area (Å²) in [5.74, 6) is -0.369. The Kier molecular flexibility index (Phi) is 6.59. The van der Waals surface area contributed by atoms with Gasteiger partial charge in [-0.15, -0.1) is 0 Å². The molecule has 1 atom stereocenters. The summed E-state index contributed by atoms with van der Waals surface area (Å²) in [5, 5.41) is 0. The van der Waals surface area contributed by atoms with Crippen molar-refractivity contribution in [3.8, 4) is 0 Å². The van der Waals surface area contributed by atoms with Gasteiger partial charge in [0.25, 0.3) is 0 Å². The molecule has 0 aromatic carbocycles. The van der Waals surface area contributed by atoms with Crippen LogP contribution in [0.1, 0.15) is 13.3 Å². The summed E-state index contributed by atoms with van der Waals surface area (Å²) < 4.78 is 59.3. The van der Waals surface area contributed by atoms with Crippen LogP contribution in [0.15, 0.2) is 0 Å². The van der Waals surface area contributed by atoms with E-state index in [2.05, 4.69) is 0 Å². The van der Waals surface area contributed by atoms with Gasteiger partial charge in [0.15, 0.2) is 0 Å². The molecule has 86 valence electrons. The Labute approximate surface area is 84.2 Å². The second kappa shape index (κ2) is 6.55. The topological polar surface area (TPSA) is 0 Å². The van der Waals surface area contributed by atoms with E-state index < -0.39 is 31.1 Å². The molecular weight excluding hydrogens is 235 g/mol. The third-order valence-corrected chi connectivity index (χ3v) is 4.86. The van der Waals surface area contributed by atoms with Gasteiger partial charge in [0.1, 0.15) is 0 Å². The van der Waals surface area contributed by atoms with Crippen molar-refractivity contribution in [3.63, 3.8) is 0 Å². The fourth-order valence-electron chi connectivity index (χ4n) is 1.29. The van der Waals surface area contributed by atoms with Crippen molar-refractivity contribution in [2.75, 3.05) is 0 Å². The summed E-state index contributed by atoms with van der Waals surface area (Å²) in [7, 11) is -6.27. The first-order valence-electron chi connectivity index (χ1n) is 4.66. The molecular formula is C7H15F5Si2. The van der Waals surface area contributed by atoms with E-state index in [-0.39, 0.29) is 12.0 Å². The molecule has 7 heteroatoms. The zero-order chi connectivity index (χ0) is 11.2. The molecule has 14 heavy (non-hydrogen) atoms. The highest BCUT2D eigenvalue weighted by Crippen LogP contribution is 2.24. The lowest BCUT2D eigenvalue weighted by atomic mass is 10.2. The minimum absolute atomic E-state index is 0.0594. The zero-order valence-corrected chi connectivity index (χ0v) is 10.5. The van der Waals surface area contributed by atoms with Crippen LogP contribution in [0.2, 0.25) is 18.1 Å². The first-order valence-corrected chi connectivity index (χ1v) is 8.50. The molecule has 0 aromatic rings. The van der Waals surface area contributed by atoms with Crippen LogP contribution in [-0.4, -0.2) is 25.0 Å². The van der Waals surface area contributed by atoms with Gasteiger partial charge in [0.05, 0.1) is 0 Å². The van der Waals surface area contributed by atoms with Gasteiger partial charge in [-0.05, 0) is 12.0 Å². The van der Waals surface area contributed by atoms with Crippen LogP contribution in [0.25, 0.3) is 0 Å². The molecule has 0 N–H and O–H groups in total. The molecule has 0 rings (SSSR count). The summed E-state index contributed by atoms with van der Waals surface area (Å²) in [6, 6.07) is -0.109. The fraction of sp³-hybridized carbons (Fsp3) is 1.00. The van der Waals surface area contributed by atoms with Crippen LogP contribution in [0.4, 0.5) is 21.1 Å². The molecule has 0 aliphatic carbocycles. The SMILES string of the molecule is CC(CC[SiH2]CC(F)F)C[Si](F)(F)F. The van der Waals surface area contributed by atoms with Gasteiger partial charge in [0.2, 0.25) is 6.43 Å². The van der Waals surface area contributed by atoms with E-state index in [1.807, 2.05) is 0 Å². The van der Waals surface area contributed by atoms with Crippen LogP contribution < -0.4 is 0 Å². The van der Waals surface area contributed by atoms with E-state index in [1.165, 1.54) is 0 Å². The maximum atomic E-state index is 12.0. The Morgan fingerprint density at radius 2 is 1.79 bits per heavy atom. The molecule has 0 heterocycles. The minimum atomic E-state index is -5.44. The maximum absolute atomic E-state index is 12.0. The molecule has 0 aliphatic rings. The molecule has 0 nitrogen and oxygen atoms in total. The molecule has 0 amide bonds. The van der Waals surface area contributed by atoms with Crippen LogP contribution >= 0.6 is 0 Å². The summed E-state index contributed by atoms with van der Waals surface area (Å²) in [4.78, 5) is 0. The van der Waals surface area contributed by atoms with Crippen LogP contribution in [0, 0.1) is 5.92 Å². The van der Waals surface area contributed by atoms with Gasteiger partial charge in [-0.1, -0.05) is 19.4 Å². The van der Waals surface area contributed by atoms with E-state index >= 15 is 0 Å². The average molecular weight is 250 g/mol. The van der Waals surface area contributed by atoms with Gasteiger partial charge in [-0.3, -0.25) is 0 Å². The Morgan fingerprint density at radius 3 is 2.21 bits per heavy atom. The number of halogens is 5. The summed E-state index contributed by atoms with van der Waals surface area (Å²) in [5.41, 5.74) is 0. The van der Waals surface area contributed by atoms with Crippen LogP contribution in [-0.2, 0) is 0 Å². The minimum Gasteiger partial charge on any atom is -0.238 e. The lowest BCUT2D eigenvalue weighted by Crippen LogP contribution is -2.18. The molecule has 0 fully saturated rings. The van der Waals surface area contributed by atoms with E-state index in [1.54, 1.807) is 6.92 Å². The first kappa shape index (κ1) is 14.1. The lowest BCUT2D eigenvalue weighted by Gasteiger charge is -2.10. The molecule has 1 unspecified atom stereocenters. The molecule has 0 saturated carbocycles. The number of alkyl halides is 2. The highest BCUT2D eigenvalue weighted by atomic mass is 28.5. The van der Waals surface area contributed by atoms with Crippen LogP contribution in [0.3, 0.4) is 0 Å². The Hall–Kier alpha value is 0.0838. The quantitative estimate of drug-likeness (QED) is 0.282. The van der Waals surface area contributed by atoms with Gasteiger partial charge < -0.3 is 0 Å². The largest absolute Gasteiger partial charge is 0.616 e. The summed E-state index contributed by atoms with van der Waals surface area (Å²) >= 11 is 0. The summed E-state index contributed by atoms with van der Waals surface area (Å²) in [6.45, 7) is 1.55. The monoisotopic (exact) mass is 250 g/mol. The Bertz CT molecular complexity index is 148. The second-order valence-corrected chi connectivity index (χ2v) is 7.23. The van der Waals surface area contributed by atoms with E-state index in [0.717, 1.165) is 0 Å². The lowest BCUT2D eigenvalue weighted by molar-refractivity contribution is 0.171. The van der Waals surface area contributed by atoms with Crippen molar-refractivity contribution in [2.24, 2.45) is 5.92 Å². The molecule has 0 spiro atoms. The number of hydrogen-bond donors (Lipinski definition) is 0. The number of hydrogen-bond acceptors (Lipinski definition) is 0. The predicted molar refractivity (Wildman–Crippen MR) is 51.8 cm³/mol. The Balaban J connectivity index is 3.40. The van der Waals surface area contributed by atoms with Gasteiger partial charge >= 0.3 is 9.08 Å². The van der Waals surface area contributed by atoms with Crippen molar-refractivity contribution in [2.45, 2.75) is 37.9 Å². The van der Waals surface area contributed by atoms with Crippen molar-refractivity contribution in [3.05, 3.63) is 0 Å². The highest BCUT2D eigenvalue weighted by Gasteiger charge is 2.37. The molecule has 0 radical (unpaired) electrons. The fourth-order valence-corrected chi connectivity index (χ4v) is 3.87. The van der Waals surface area contributed by atoms with Crippen molar-refractivity contribution in [1.82, 2.24) is 0 Å². The number of rotatable bonds is 7. The molecule has 0 aromatic heterocycles. The first-order chi connectivity index (χ1) is 6.31. The van der Waals surface area contributed by atoms with E-state index in [0.29, 0.717) is 12.5 Å². The third-order valence-electron chi connectivity index (χ3n) is 1.95. The van der Waals surface area contributed by atoms with Gasteiger partial charge in [0, 0.05) is 15.6 Å². The standard InChI is InChI=1S/C7H15F5Si2/c1-6(5-14(10,11)12)2-3-13-4-7(8)9/h6-7H,2-5,13H2,1H3. The average Bonchev–Trinajstić information content (AvgIpc) is 1.94. The Morgan fingerprint density at radius 1 is 1.21 bits per heavy atom. The summed E-state index contributed by atoms with van der Waals surface area (Å²) in [6.07, 6.45) is -1.81. The van der Waals surface area contributed by atoms with Crippen molar-refractivity contribution >= 4 is 18.6 Å². The van der Waals surface area contributed by atoms with Crippen molar-refractivity contribution < 1.29 is 21.1 Å². The second-order valence-electron chi connectivity index (χ2n) is 3.60. The predicted octanol–water partition coefficient (Wildman–Crippen LogP) is 3.13. The van der Waals surface area contributed by atoms with Gasteiger partial charge in [-0.25, -0.2) is 21.1 Å².